The van der Waals surface area contributed by atoms with Crippen molar-refractivity contribution >= 4 is 11.7 Å². The summed E-state index contributed by atoms with van der Waals surface area (Å²) < 4.78 is 17.9. The van der Waals surface area contributed by atoms with E-state index in [1.54, 1.807) is 7.11 Å². The van der Waals surface area contributed by atoms with Gasteiger partial charge in [-0.25, -0.2) is 0 Å². The van der Waals surface area contributed by atoms with Crippen LogP contribution in [0.5, 0.6) is 5.75 Å². The Balaban J connectivity index is 1.14. The number of carbonyl (C=O) groups excluding carboxylic acids is 1. The van der Waals surface area contributed by atoms with Crippen LogP contribution in [0.1, 0.15) is 39.5 Å². The topological polar surface area (TPSA) is 54.5 Å². The van der Waals surface area contributed by atoms with E-state index in [4.69, 9.17) is 14.2 Å². The predicted octanol–water partition coefficient (Wildman–Crippen LogP) is 3.34. The van der Waals surface area contributed by atoms with E-state index in [0.717, 1.165) is 57.7 Å². The highest BCUT2D eigenvalue weighted by Crippen LogP contribution is 2.66. The second-order valence-corrected chi connectivity index (χ2v) is 11.0. The standard InChI is InChI=1S/C26H36N2O4/c1-17-4-9-22-20(23(29)31-26(22)21(17)10-11-25(2)24(26)32-25)16-27-12-14-28(15-13-27)18-5-7-19(30-3)8-6-18/h5-8,17,20-22,24H,4,9-16H2,1-3H3/t17-,20-,21+,22+,24-,25+,26-/m0/s1. The Hall–Kier alpha value is -1.79. The molecule has 2 aliphatic carbocycles. The van der Waals surface area contributed by atoms with Crippen molar-refractivity contribution in [2.75, 3.05) is 44.7 Å². The van der Waals surface area contributed by atoms with Gasteiger partial charge in [-0.05, 0) is 62.8 Å². The van der Waals surface area contributed by atoms with Crippen molar-refractivity contribution in [3.8, 4) is 5.75 Å². The van der Waals surface area contributed by atoms with Gasteiger partial charge in [-0.15, -0.1) is 0 Å². The minimum Gasteiger partial charge on any atom is -0.497 e. The molecule has 0 radical (unpaired) electrons. The average molecular weight is 441 g/mol. The van der Waals surface area contributed by atoms with Gasteiger partial charge in [0.25, 0.3) is 0 Å². The molecule has 0 amide bonds. The molecule has 5 aliphatic rings. The molecule has 5 fully saturated rings. The molecule has 0 aromatic heterocycles. The number of carbonyl (C=O) groups is 1. The van der Waals surface area contributed by atoms with Gasteiger partial charge in [0.05, 0.1) is 18.6 Å². The summed E-state index contributed by atoms with van der Waals surface area (Å²) in [5.41, 5.74) is 0.809. The minimum absolute atomic E-state index is 0.0101. The summed E-state index contributed by atoms with van der Waals surface area (Å²) in [5, 5.41) is 0. The monoisotopic (exact) mass is 440 g/mol. The maximum absolute atomic E-state index is 13.3. The molecule has 0 unspecified atom stereocenters. The molecule has 3 aliphatic heterocycles. The fraction of sp³-hybridized carbons (Fsp3) is 0.731. The average Bonchev–Trinajstić information content (AvgIpc) is 3.44. The van der Waals surface area contributed by atoms with Crippen molar-refractivity contribution in [2.45, 2.75) is 56.8 Å². The molecule has 3 saturated heterocycles. The fourth-order valence-electron chi connectivity index (χ4n) is 7.52. The Kier molecular flexibility index (Phi) is 4.78. The van der Waals surface area contributed by atoms with E-state index < -0.39 is 0 Å². The highest BCUT2D eigenvalue weighted by atomic mass is 16.7. The maximum atomic E-state index is 13.3. The third-order valence-corrected chi connectivity index (χ3v) is 9.36. The van der Waals surface area contributed by atoms with Crippen LogP contribution in [-0.4, -0.2) is 68.0 Å². The van der Waals surface area contributed by atoms with Crippen LogP contribution in [0, 0.1) is 23.7 Å². The number of nitrogens with zero attached hydrogens (tertiary/aromatic N) is 2. The second kappa shape index (κ2) is 7.36. The smallest absolute Gasteiger partial charge is 0.311 e. The normalized spacial score (nSPS) is 43.2. The number of methoxy groups -OCH3 is 1. The molecule has 0 bridgehead atoms. The molecule has 1 aromatic rings. The van der Waals surface area contributed by atoms with Crippen molar-refractivity contribution in [1.82, 2.24) is 4.90 Å². The predicted molar refractivity (Wildman–Crippen MR) is 122 cm³/mol. The van der Waals surface area contributed by atoms with Crippen LogP contribution in [0.2, 0.25) is 0 Å². The first-order valence-electron chi connectivity index (χ1n) is 12.5. The number of rotatable bonds is 4. The van der Waals surface area contributed by atoms with Gasteiger partial charge in [0.15, 0.2) is 0 Å². The number of esters is 1. The molecule has 1 aromatic carbocycles. The van der Waals surface area contributed by atoms with E-state index in [9.17, 15) is 4.79 Å². The zero-order valence-corrected chi connectivity index (χ0v) is 19.6. The van der Waals surface area contributed by atoms with E-state index in [1.165, 1.54) is 12.1 Å². The fourth-order valence-corrected chi connectivity index (χ4v) is 7.52. The number of anilines is 1. The van der Waals surface area contributed by atoms with Gasteiger partial charge in [0.2, 0.25) is 0 Å². The zero-order valence-electron chi connectivity index (χ0n) is 19.6. The number of epoxide rings is 1. The van der Waals surface area contributed by atoms with Crippen molar-refractivity contribution in [1.29, 1.82) is 0 Å². The van der Waals surface area contributed by atoms with E-state index in [1.807, 2.05) is 12.1 Å². The van der Waals surface area contributed by atoms with Crippen LogP contribution in [-0.2, 0) is 14.3 Å². The van der Waals surface area contributed by atoms with Gasteiger partial charge in [-0.1, -0.05) is 6.92 Å². The summed E-state index contributed by atoms with van der Waals surface area (Å²) in [6, 6.07) is 8.30. The van der Waals surface area contributed by atoms with Crippen LogP contribution < -0.4 is 9.64 Å². The van der Waals surface area contributed by atoms with Crippen LogP contribution in [0.25, 0.3) is 0 Å². The molecule has 32 heavy (non-hydrogen) atoms. The molecule has 6 nitrogen and oxygen atoms in total. The Morgan fingerprint density at radius 1 is 1.06 bits per heavy atom. The lowest BCUT2D eigenvalue weighted by Gasteiger charge is -2.50. The highest BCUT2D eigenvalue weighted by Gasteiger charge is 2.77. The number of hydrogen-bond acceptors (Lipinski definition) is 6. The van der Waals surface area contributed by atoms with E-state index in [-0.39, 0.29) is 29.2 Å². The highest BCUT2D eigenvalue weighted by molar-refractivity contribution is 5.77. The third kappa shape index (κ3) is 3.02. The molecular formula is C26H36N2O4. The number of fused-ring (bicyclic) bond motifs is 1. The summed E-state index contributed by atoms with van der Waals surface area (Å²) in [6.07, 6.45) is 4.65. The Labute approximate surface area is 191 Å². The molecule has 0 N–H and O–H groups in total. The first-order chi connectivity index (χ1) is 15.4. The molecule has 6 heteroatoms. The second-order valence-electron chi connectivity index (χ2n) is 11.0. The number of piperazine rings is 1. The molecule has 6 rings (SSSR count). The number of benzene rings is 1. The zero-order chi connectivity index (χ0) is 22.1. The summed E-state index contributed by atoms with van der Waals surface area (Å²) in [7, 11) is 1.70. The maximum Gasteiger partial charge on any atom is 0.311 e. The molecule has 2 saturated carbocycles. The lowest BCUT2D eigenvalue weighted by Crippen LogP contribution is -2.58. The Morgan fingerprint density at radius 2 is 1.81 bits per heavy atom. The quantitative estimate of drug-likeness (QED) is 0.529. The van der Waals surface area contributed by atoms with Crippen LogP contribution in [0.15, 0.2) is 24.3 Å². The van der Waals surface area contributed by atoms with E-state index in [2.05, 4.69) is 35.8 Å². The summed E-state index contributed by atoms with van der Waals surface area (Å²) in [6.45, 7) is 9.32. The lowest BCUT2D eigenvalue weighted by atomic mass is 9.55. The van der Waals surface area contributed by atoms with Crippen molar-refractivity contribution in [3.63, 3.8) is 0 Å². The SMILES string of the molecule is COc1ccc(N2CCN(C[C@@H]3C(=O)O[C@]45[C@@H]3CC[C@H](C)[C@H]4CC[C@@]3(C)O[C@H]53)CC2)cc1. The van der Waals surface area contributed by atoms with Crippen molar-refractivity contribution in [2.24, 2.45) is 23.7 Å². The van der Waals surface area contributed by atoms with Crippen LogP contribution in [0.4, 0.5) is 5.69 Å². The molecule has 7 atom stereocenters. The van der Waals surface area contributed by atoms with Crippen LogP contribution in [0.3, 0.4) is 0 Å². The number of hydrogen-bond donors (Lipinski definition) is 0. The summed E-state index contributed by atoms with van der Waals surface area (Å²) in [5.74, 6) is 2.29. The van der Waals surface area contributed by atoms with Gasteiger partial charge >= 0.3 is 5.97 Å². The van der Waals surface area contributed by atoms with E-state index in [0.29, 0.717) is 17.8 Å². The lowest BCUT2D eigenvalue weighted by molar-refractivity contribution is -0.168. The molecular weight excluding hydrogens is 404 g/mol. The van der Waals surface area contributed by atoms with Crippen molar-refractivity contribution in [3.05, 3.63) is 24.3 Å². The van der Waals surface area contributed by atoms with Gasteiger partial charge in [0, 0.05) is 50.2 Å². The third-order valence-electron chi connectivity index (χ3n) is 9.36. The van der Waals surface area contributed by atoms with Gasteiger partial charge in [-0.3, -0.25) is 9.69 Å². The van der Waals surface area contributed by atoms with Crippen LogP contribution >= 0.6 is 0 Å². The summed E-state index contributed by atoms with van der Waals surface area (Å²) >= 11 is 0. The molecule has 3 heterocycles. The van der Waals surface area contributed by atoms with E-state index >= 15 is 0 Å². The molecule has 1 spiro atoms. The van der Waals surface area contributed by atoms with Crippen molar-refractivity contribution < 1.29 is 19.0 Å². The van der Waals surface area contributed by atoms with Gasteiger partial charge in [0.1, 0.15) is 17.5 Å². The minimum atomic E-state index is -0.364. The molecule has 174 valence electrons. The number of ether oxygens (including phenoxy) is 3. The first kappa shape index (κ1) is 20.8. The van der Waals surface area contributed by atoms with Gasteiger partial charge in [-0.2, -0.15) is 0 Å². The Bertz CT molecular complexity index is 882. The largest absolute Gasteiger partial charge is 0.497 e. The Morgan fingerprint density at radius 3 is 2.53 bits per heavy atom. The van der Waals surface area contributed by atoms with Gasteiger partial charge < -0.3 is 19.1 Å². The summed E-state index contributed by atoms with van der Waals surface area (Å²) in [4.78, 5) is 18.2. The first-order valence-corrected chi connectivity index (χ1v) is 12.5.